The fourth-order valence-electron chi connectivity index (χ4n) is 3.02. The molecule has 1 aliphatic rings. The highest BCUT2D eigenvalue weighted by molar-refractivity contribution is 6.31. The Balaban J connectivity index is 1.46. The summed E-state index contributed by atoms with van der Waals surface area (Å²) in [5.74, 6) is 0. The minimum absolute atomic E-state index is 0.292. The van der Waals surface area contributed by atoms with Crippen LogP contribution in [0.2, 0.25) is 5.02 Å². The van der Waals surface area contributed by atoms with Crippen molar-refractivity contribution >= 4 is 28.7 Å². The molecule has 136 valence electrons. The fourth-order valence-corrected chi connectivity index (χ4v) is 3.19. The first-order valence-electron chi connectivity index (χ1n) is 8.59. The van der Waals surface area contributed by atoms with Crippen molar-refractivity contribution in [1.82, 2.24) is 15.2 Å². The van der Waals surface area contributed by atoms with E-state index in [1.54, 1.807) is 6.20 Å². The fraction of sp³-hybridized carbons (Fsp3) is 0.150. The zero-order valence-corrected chi connectivity index (χ0v) is 15.3. The lowest BCUT2D eigenvalue weighted by Crippen LogP contribution is -2.23. The van der Waals surface area contributed by atoms with Crippen LogP contribution in [-0.4, -0.2) is 28.3 Å². The molecule has 6 nitrogen and oxygen atoms in total. The van der Waals surface area contributed by atoms with Crippen LogP contribution in [-0.2, 0) is 6.42 Å². The van der Waals surface area contributed by atoms with Crippen molar-refractivity contribution in [2.24, 2.45) is 5.73 Å². The molecule has 0 spiro atoms. The van der Waals surface area contributed by atoms with E-state index in [1.165, 1.54) is 11.8 Å². The Morgan fingerprint density at radius 3 is 2.74 bits per heavy atom. The number of ether oxygens (including phenoxy) is 1. The van der Waals surface area contributed by atoms with Gasteiger partial charge in [-0.3, -0.25) is 0 Å². The number of nitrogens with two attached hydrogens (primary N) is 1. The van der Waals surface area contributed by atoms with Crippen molar-refractivity contribution in [3.8, 4) is 6.01 Å². The average Bonchev–Trinajstić information content (AvgIpc) is 2.70. The maximum Gasteiger partial charge on any atom is 0.335 e. The highest BCUT2D eigenvalue weighted by Crippen LogP contribution is 2.36. The molecular weight excluding hydrogens is 362 g/mol. The average molecular weight is 380 g/mol. The second-order valence-corrected chi connectivity index (χ2v) is 6.56. The predicted octanol–water partition coefficient (Wildman–Crippen LogP) is 3.60. The van der Waals surface area contributed by atoms with Gasteiger partial charge in [0.2, 0.25) is 0 Å². The molecule has 1 aliphatic heterocycles. The van der Waals surface area contributed by atoms with Gasteiger partial charge in [-0.15, -0.1) is 0 Å². The van der Waals surface area contributed by atoms with Crippen molar-refractivity contribution in [2.75, 3.05) is 18.1 Å². The standard InChI is InChI=1S/C20H18ClN5O/c21-15-3-6-17-18(22)7-11-26(19(17)13-15)16-4-1-14(2-5-16)8-12-27-20-23-9-10-24-25-20/h1-7,9-10,13H,8,11-12,22H2. The lowest BCUT2D eigenvalue weighted by atomic mass is 10.0. The van der Waals surface area contributed by atoms with Crippen molar-refractivity contribution in [3.63, 3.8) is 0 Å². The molecule has 2 heterocycles. The molecule has 27 heavy (non-hydrogen) atoms. The van der Waals surface area contributed by atoms with Crippen molar-refractivity contribution in [1.29, 1.82) is 0 Å². The van der Waals surface area contributed by atoms with Crippen LogP contribution < -0.4 is 15.4 Å². The minimum Gasteiger partial charge on any atom is -0.462 e. The quantitative estimate of drug-likeness (QED) is 0.729. The maximum atomic E-state index is 6.19. The number of benzene rings is 2. The molecule has 0 atom stereocenters. The Bertz CT molecular complexity index is 960. The summed E-state index contributed by atoms with van der Waals surface area (Å²) in [5, 5.41) is 8.24. The number of hydrogen-bond acceptors (Lipinski definition) is 6. The molecule has 2 N–H and O–H groups in total. The van der Waals surface area contributed by atoms with Gasteiger partial charge < -0.3 is 15.4 Å². The third kappa shape index (κ3) is 3.85. The number of hydrogen-bond donors (Lipinski definition) is 1. The van der Waals surface area contributed by atoms with E-state index in [0.717, 1.165) is 29.1 Å². The highest BCUT2D eigenvalue weighted by Gasteiger charge is 2.19. The van der Waals surface area contributed by atoms with Crippen LogP contribution in [0.15, 0.2) is 60.9 Å². The van der Waals surface area contributed by atoms with E-state index in [9.17, 15) is 0 Å². The summed E-state index contributed by atoms with van der Waals surface area (Å²) in [4.78, 5) is 6.19. The third-order valence-corrected chi connectivity index (χ3v) is 4.62. The van der Waals surface area contributed by atoms with Crippen LogP contribution >= 0.6 is 11.6 Å². The van der Waals surface area contributed by atoms with E-state index in [2.05, 4.69) is 44.3 Å². The monoisotopic (exact) mass is 379 g/mol. The smallest absolute Gasteiger partial charge is 0.335 e. The van der Waals surface area contributed by atoms with Crippen LogP contribution in [0.25, 0.3) is 5.70 Å². The summed E-state index contributed by atoms with van der Waals surface area (Å²) in [6.07, 6.45) is 5.85. The Labute approximate surface area is 162 Å². The summed E-state index contributed by atoms with van der Waals surface area (Å²) < 4.78 is 5.50. The second kappa shape index (κ2) is 7.63. The normalized spacial score (nSPS) is 13.1. The van der Waals surface area contributed by atoms with Gasteiger partial charge in [0, 0.05) is 34.9 Å². The number of rotatable bonds is 5. The molecule has 0 bridgehead atoms. The van der Waals surface area contributed by atoms with Gasteiger partial charge in [-0.25, -0.2) is 4.98 Å². The van der Waals surface area contributed by atoms with E-state index in [4.69, 9.17) is 22.1 Å². The van der Waals surface area contributed by atoms with Crippen LogP contribution in [0.3, 0.4) is 0 Å². The zero-order chi connectivity index (χ0) is 18.6. The van der Waals surface area contributed by atoms with Gasteiger partial charge in [-0.1, -0.05) is 28.8 Å². The van der Waals surface area contributed by atoms with Crippen LogP contribution in [0.1, 0.15) is 11.1 Å². The van der Waals surface area contributed by atoms with E-state index >= 15 is 0 Å². The van der Waals surface area contributed by atoms with Crippen LogP contribution in [0.5, 0.6) is 6.01 Å². The molecule has 0 saturated carbocycles. The summed E-state index contributed by atoms with van der Waals surface area (Å²) >= 11 is 6.19. The predicted molar refractivity (Wildman–Crippen MR) is 106 cm³/mol. The molecule has 0 radical (unpaired) electrons. The highest BCUT2D eigenvalue weighted by atomic mass is 35.5. The zero-order valence-electron chi connectivity index (χ0n) is 14.5. The number of fused-ring (bicyclic) bond motifs is 1. The molecule has 0 fully saturated rings. The largest absolute Gasteiger partial charge is 0.462 e. The van der Waals surface area contributed by atoms with Gasteiger partial charge >= 0.3 is 6.01 Å². The molecule has 0 aliphatic carbocycles. The first-order chi connectivity index (χ1) is 13.2. The first kappa shape index (κ1) is 17.3. The molecule has 0 amide bonds. The molecule has 0 saturated heterocycles. The van der Waals surface area contributed by atoms with Gasteiger partial charge in [0.15, 0.2) is 0 Å². The molecule has 7 heteroatoms. The number of anilines is 2. The van der Waals surface area contributed by atoms with E-state index in [0.29, 0.717) is 24.2 Å². The summed E-state index contributed by atoms with van der Waals surface area (Å²) in [6, 6.07) is 14.4. The third-order valence-electron chi connectivity index (χ3n) is 4.39. The molecule has 0 unspecified atom stereocenters. The Morgan fingerprint density at radius 1 is 1.11 bits per heavy atom. The number of aromatic nitrogens is 3. The minimum atomic E-state index is 0.292. The molecular formula is C20H18ClN5O. The molecule has 4 rings (SSSR count). The van der Waals surface area contributed by atoms with Crippen LogP contribution in [0, 0.1) is 0 Å². The van der Waals surface area contributed by atoms with Crippen molar-refractivity contribution in [2.45, 2.75) is 6.42 Å². The maximum absolute atomic E-state index is 6.19. The SMILES string of the molecule is NC1=CCN(c2ccc(CCOc3nccnn3)cc2)c2cc(Cl)ccc21. The second-order valence-electron chi connectivity index (χ2n) is 6.12. The molecule has 2 aromatic carbocycles. The van der Waals surface area contributed by atoms with Crippen LogP contribution in [0.4, 0.5) is 11.4 Å². The summed E-state index contributed by atoms with van der Waals surface area (Å²) in [7, 11) is 0. The van der Waals surface area contributed by atoms with Crippen molar-refractivity contribution < 1.29 is 4.74 Å². The number of halogens is 1. The van der Waals surface area contributed by atoms with Gasteiger partial charge in [-0.2, -0.15) is 5.10 Å². The Morgan fingerprint density at radius 2 is 1.96 bits per heavy atom. The van der Waals surface area contributed by atoms with E-state index < -0.39 is 0 Å². The van der Waals surface area contributed by atoms with Gasteiger partial charge in [0.25, 0.3) is 0 Å². The van der Waals surface area contributed by atoms with Gasteiger partial charge in [0.05, 0.1) is 24.7 Å². The summed E-state index contributed by atoms with van der Waals surface area (Å²) in [6.45, 7) is 1.20. The first-order valence-corrected chi connectivity index (χ1v) is 8.97. The molecule has 1 aromatic heterocycles. The van der Waals surface area contributed by atoms with Gasteiger partial charge in [0.1, 0.15) is 0 Å². The van der Waals surface area contributed by atoms with E-state index in [-0.39, 0.29) is 0 Å². The van der Waals surface area contributed by atoms with Crippen molar-refractivity contribution in [3.05, 3.63) is 77.1 Å². The topological polar surface area (TPSA) is 77.2 Å². The summed E-state index contributed by atoms with van der Waals surface area (Å²) in [5.41, 5.74) is 11.2. The van der Waals surface area contributed by atoms with Gasteiger partial charge in [-0.05, 0) is 42.0 Å². The number of nitrogens with zero attached hydrogens (tertiary/aromatic N) is 4. The molecule has 3 aromatic rings. The lowest BCUT2D eigenvalue weighted by molar-refractivity contribution is 0.292. The Kier molecular flexibility index (Phi) is 4.89. The Hall–Kier alpha value is -3.12. The van der Waals surface area contributed by atoms with E-state index in [1.807, 2.05) is 24.3 Å². The lowest BCUT2D eigenvalue weighted by Gasteiger charge is -2.30.